The standard InChI is InChI=1S/C17H18N4O2S/c1-3-4-8-14-20-21-16(23)13(10-18-17(21)24-14)19-15(22)12-7-5-6-11(2)9-12/h5-7,9-10H,3-4,8H2,1-2H3,(H,19,22). The van der Waals surface area contributed by atoms with Gasteiger partial charge < -0.3 is 5.32 Å². The van der Waals surface area contributed by atoms with Crippen LogP contribution >= 0.6 is 11.3 Å². The highest BCUT2D eigenvalue weighted by atomic mass is 32.1. The molecule has 3 aromatic rings. The number of anilines is 1. The highest BCUT2D eigenvalue weighted by Gasteiger charge is 2.13. The number of aryl methyl sites for hydroxylation is 2. The van der Waals surface area contributed by atoms with E-state index in [0.717, 1.165) is 29.8 Å². The Morgan fingerprint density at radius 2 is 2.21 bits per heavy atom. The van der Waals surface area contributed by atoms with E-state index in [1.807, 2.05) is 13.0 Å². The summed E-state index contributed by atoms with van der Waals surface area (Å²) in [6, 6.07) is 7.19. The van der Waals surface area contributed by atoms with Crippen LogP contribution in [-0.4, -0.2) is 20.5 Å². The lowest BCUT2D eigenvalue weighted by molar-refractivity contribution is 0.102. The Labute approximate surface area is 143 Å². The van der Waals surface area contributed by atoms with Crippen LogP contribution in [0.1, 0.15) is 40.7 Å². The number of carbonyl (C=O) groups excluding carboxylic acids is 1. The molecule has 2 aromatic heterocycles. The first-order valence-electron chi connectivity index (χ1n) is 7.84. The molecular formula is C17H18N4O2S. The first-order valence-corrected chi connectivity index (χ1v) is 8.66. The molecule has 0 atom stereocenters. The van der Waals surface area contributed by atoms with Crippen molar-refractivity contribution < 1.29 is 4.79 Å². The van der Waals surface area contributed by atoms with E-state index in [4.69, 9.17) is 0 Å². The van der Waals surface area contributed by atoms with E-state index in [2.05, 4.69) is 22.3 Å². The second kappa shape index (κ2) is 6.92. The van der Waals surface area contributed by atoms with E-state index in [1.54, 1.807) is 18.2 Å². The third kappa shape index (κ3) is 3.35. The topological polar surface area (TPSA) is 76.4 Å². The van der Waals surface area contributed by atoms with E-state index in [-0.39, 0.29) is 17.2 Å². The average Bonchev–Trinajstić information content (AvgIpc) is 2.99. The number of benzene rings is 1. The molecule has 0 unspecified atom stereocenters. The lowest BCUT2D eigenvalue weighted by Gasteiger charge is -2.04. The maximum absolute atomic E-state index is 12.5. The zero-order valence-electron chi connectivity index (χ0n) is 13.6. The summed E-state index contributed by atoms with van der Waals surface area (Å²) in [5.41, 5.74) is 1.25. The minimum atomic E-state index is -0.361. The molecule has 0 aliphatic rings. The Morgan fingerprint density at radius 1 is 1.38 bits per heavy atom. The van der Waals surface area contributed by atoms with Gasteiger partial charge in [-0.05, 0) is 25.5 Å². The Balaban J connectivity index is 1.88. The summed E-state index contributed by atoms with van der Waals surface area (Å²) in [4.78, 5) is 29.6. The number of fused-ring (bicyclic) bond motifs is 1. The minimum Gasteiger partial charge on any atom is -0.316 e. The van der Waals surface area contributed by atoms with Crippen molar-refractivity contribution in [3.63, 3.8) is 0 Å². The molecule has 0 saturated heterocycles. The van der Waals surface area contributed by atoms with Crippen LogP contribution in [0.15, 0.2) is 35.3 Å². The fourth-order valence-corrected chi connectivity index (χ4v) is 3.22. The molecule has 3 rings (SSSR count). The van der Waals surface area contributed by atoms with Crippen molar-refractivity contribution >= 4 is 27.9 Å². The van der Waals surface area contributed by atoms with Crippen molar-refractivity contribution in [3.05, 3.63) is 57.0 Å². The maximum Gasteiger partial charge on any atom is 0.298 e. The van der Waals surface area contributed by atoms with Crippen molar-refractivity contribution in [2.75, 3.05) is 5.32 Å². The van der Waals surface area contributed by atoms with Crippen molar-refractivity contribution in [1.29, 1.82) is 0 Å². The summed E-state index contributed by atoms with van der Waals surface area (Å²) in [5.74, 6) is -0.334. The number of nitrogens with zero attached hydrogens (tertiary/aromatic N) is 3. The first kappa shape index (κ1) is 16.3. The van der Waals surface area contributed by atoms with Gasteiger partial charge in [-0.25, -0.2) is 4.98 Å². The Morgan fingerprint density at radius 3 is 2.96 bits per heavy atom. The van der Waals surface area contributed by atoms with Crippen LogP contribution < -0.4 is 10.9 Å². The number of carbonyl (C=O) groups is 1. The van der Waals surface area contributed by atoms with Gasteiger partial charge in [0, 0.05) is 12.0 Å². The number of aromatic nitrogens is 3. The van der Waals surface area contributed by atoms with E-state index in [1.165, 1.54) is 22.0 Å². The zero-order valence-corrected chi connectivity index (χ0v) is 14.4. The molecule has 7 heteroatoms. The van der Waals surface area contributed by atoms with Crippen LogP contribution in [0.2, 0.25) is 0 Å². The van der Waals surface area contributed by atoms with Crippen LogP contribution in [0, 0.1) is 6.92 Å². The Kier molecular flexibility index (Phi) is 4.71. The largest absolute Gasteiger partial charge is 0.316 e. The molecule has 0 aliphatic heterocycles. The summed E-state index contributed by atoms with van der Waals surface area (Å²) < 4.78 is 1.27. The molecule has 0 radical (unpaired) electrons. The van der Waals surface area contributed by atoms with Gasteiger partial charge in [0.25, 0.3) is 11.5 Å². The molecule has 1 aromatic carbocycles. The maximum atomic E-state index is 12.5. The molecule has 0 saturated carbocycles. The molecule has 0 fully saturated rings. The highest BCUT2D eigenvalue weighted by molar-refractivity contribution is 7.16. The summed E-state index contributed by atoms with van der Waals surface area (Å²) >= 11 is 1.41. The van der Waals surface area contributed by atoms with Gasteiger partial charge in [0.2, 0.25) is 4.96 Å². The second-order valence-electron chi connectivity index (χ2n) is 5.59. The molecule has 1 N–H and O–H groups in total. The van der Waals surface area contributed by atoms with Gasteiger partial charge in [0.15, 0.2) is 0 Å². The third-order valence-corrected chi connectivity index (χ3v) is 4.58. The van der Waals surface area contributed by atoms with Gasteiger partial charge in [0.05, 0.1) is 6.20 Å². The van der Waals surface area contributed by atoms with Crippen LogP contribution in [0.4, 0.5) is 5.69 Å². The van der Waals surface area contributed by atoms with Gasteiger partial charge in [-0.1, -0.05) is 42.4 Å². The zero-order chi connectivity index (χ0) is 17.1. The highest BCUT2D eigenvalue weighted by Crippen LogP contribution is 2.15. The molecule has 0 bridgehead atoms. The molecule has 124 valence electrons. The number of amides is 1. The van der Waals surface area contributed by atoms with Gasteiger partial charge in [-0.3, -0.25) is 9.59 Å². The molecule has 1 amide bonds. The normalized spacial score (nSPS) is 10.9. The predicted octanol–water partition coefficient (Wildman–Crippen LogP) is 3.05. The van der Waals surface area contributed by atoms with Crippen LogP contribution in [0.5, 0.6) is 0 Å². The fraction of sp³-hybridized carbons (Fsp3) is 0.294. The van der Waals surface area contributed by atoms with Gasteiger partial charge in [0.1, 0.15) is 10.7 Å². The van der Waals surface area contributed by atoms with Crippen molar-refractivity contribution in [1.82, 2.24) is 14.6 Å². The molecule has 2 heterocycles. The SMILES string of the molecule is CCCCc1nn2c(=O)c(NC(=O)c3cccc(C)c3)cnc2s1. The molecule has 0 aliphatic carbocycles. The quantitative estimate of drug-likeness (QED) is 0.773. The van der Waals surface area contributed by atoms with E-state index in [9.17, 15) is 9.59 Å². The predicted molar refractivity (Wildman–Crippen MR) is 94.9 cm³/mol. The fourth-order valence-electron chi connectivity index (χ4n) is 2.32. The number of hydrogen-bond donors (Lipinski definition) is 1. The summed E-state index contributed by atoms with van der Waals surface area (Å²) in [6.45, 7) is 4.02. The van der Waals surface area contributed by atoms with E-state index >= 15 is 0 Å². The van der Waals surface area contributed by atoms with Crippen LogP contribution in [0.25, 0.3) is 4.96 Å². The monoisotopic (exact) mass is 342 g/mol. The van der Waals surface area contributed by atoms with Crippen LogP contribution in [-0.2, 0) is 6.42 Å². The lowest BCUT2D eigenvalue weighted by atomic mass is 10.1. The molecule has 0 spiro atoms. The lowest BCUT2D eigenvalue weighted by Crippen LogP contribution is -2.23. The van der Waals surface area contributed by atoms with Crippen molar-refractivity contribution in [2.24, 2.45) is 0 Å². The van der Waals surface area contributed by atoms with Crippen molar-refractivity contribution in [3.8, 4) is 0 Å². The summed E-state index contributed by atoms with van der Waals surface area (Å²) in [5, 5.41) is 7.82. The summed E-state index contributed by atoms with van der Waals surface area (Å²) in [6.07, 6.45) is 4.31. The number of rotatable bonds is 5. The number of hydrogen-bond acceptors (Lipinski definition) is 5. The number of nitrogens with one attached hydrogen (secondary N) is 1. The molecular weight excluding hydrogens is 324 g/mol. The Bertz CT molecular complexity index is 945. The van der Waals surface area contributed by atoms with E-state index < -0.39 is 0 Å². The Hall–Kier alpha value is -2.54. The third-order valence-electron chi connectivity index (χ3n) is 3.60. The average molecular weight is 342 g/mol. The smallest absolute Gasteiger partial charge is 0.298 e. The summed E-state index contributed by atoms with van der Waals surface area (Å²) in [7, 11) is 0. The van der Waals surface area contributed by atoms with E-state index in [0.29, 0.717) is 10.5 Å². The second-order valence-corrected chi connectivity index (χ2v) is 6.63. The minimum absolute atomic E-state index is 0.131. The van der Waals surface area contributed by atoms with Gasteiger partial charge in [-0.2, -0.15) is 9.61 Å². The van der Waals surface area contributed by atoms with Crippen molar-refractivity contribution in [2.45, 2.75) is 33.1 Å². The molecule has 6 nitrogen and oxygen atoms in total. The molecule has 24 heavy (non-hydrogen) atoms. The first-order chi connectivity index (χ1) is 11.6. The van der Waals surface area contributed by atoms with Gasteiger partial charge in [-0.15, -0.1) is 0 Å². The van der Waals surface area contributed by atoms with Crippen LogP contribution in [0.3, 0.4) is 0 Å². The van der Waals surface area contributed by atoms with Gasteiger partial charge >= 0.3 is 0 Å². The number of unbranched alkanes of at least 4 members (excludes halogenated alkanes) is 1.